The van der Waals surface area contributed by atoms with Crippen molar-refractivity contribution in [2.75, 3.05) is 6.61 Å². The molecule has 1 aliphatic carbocycles. The largest absolute Gasteiger partial charge is 0.494 e. The predicted octanol–water partition coefficient (Wildman–Crippen LogP) is 9.99. The van der Waals surface area contributed by atoms with Gasteiger partial charge in [0.05, 0.1) is 12.2 Å². The lowest BCUT2D eigenvalue weighted by Crippen LogP contribution is -2.13. The van der Waals surface area contributed by atoms with E-state index in [1.165, 1.54) is 76.2 Å². The van der Waals surface area contributed by atoms with Gasteiger partial charge in [0.1, 0.15) is 11.5 Å². The Labute approximate surface area is 232 Å². The van der Waals surface area contributed by atoms with Crippen molar-refractivity contribution in [1.82, 2.24) is 0 Å². The third-order valence-corrected chi connectivity index (χ3v) is 8.13. The molecular formula is C35H50O3. The van der Waals surface area contributed by atoms with Crippen LogP contribution in [0.5, 0.6) is 11.5 Å². The molecule has 0 amide bonds. The van der Waals surface area contributed by atoms with Gasteiger partial charge in [0.25, 0.3) is 0 Å². The Morgan fingerprint density at radius 2 is 1.63 bits per heavy atom. The van der Waals surface area contributed by atoms with Gasteiger partial charge in [0, 0.05) is 0 Å². The van der Waals surface area contributed by atoms with Gasteiger partial charge in [0.15, 0.2) is 0 Å². The molecule has 2 aromatic carbocycles. The molecule has 1 fully saturated rings. The summed E-state index contributed by atoms with van der Waals surface area (Å²) in [6, 6.07) is 15.3. The normalized spacial score (nSPS) is 18.4. The number of rotatable bonds is 16. The molecule has 2 aromatic rings. The molecule has 0 unspecified atom stereocenters. The predicted molar refractivity (Wildman–Crippen MR) is 159 cm³/mol. The lowest BCUT2D eigenvalue weighted by atomic mass is 9.79. The van der Waals surface area contributed by atoms with Crippen LogP contribution >= 0.6 is 0 Å². The average Bonchev–Trinajstić information content (AvgIpc) is 2.95. The molecule has 0 aliphatic heterocycles. The quantitative estimate of drug-likeness (QED) is 0.0959. The third-order valence-electron chi connectivity index (χ3n) is 8.13. The molecule has 1 atom stereocenters. The Hall–Kier alpha value is -2.55. The fraction of sp³-hybridized carbons (Fsp3) is 0.571. The molecule has 0 heterocycles. The minimum atomic E-state index is -0.334. The number of esters is 1. The average molecular weight is 519 g/mol. The lowest BCUT2D eigenvalue weighted by molar-refractivity contribution is 0.0734. The number of aryl methyl sites for hydroxylation is 1. The molecule has 0 saturated heterocycles. The first kappa shape index (κ1) is 30.0. The van der Waals surface area contributed by atoms with Crippen molar-refractivity contribution in [3.8, 4) is 11.5 Å². The zero-order chi connectivity index (χ0) is 27.0. The summed E-state index contributed by atoms with van der Waals surface area (Å²) in [5.41, 5.74) is 1.85. The number of hydrogen-bond acceptors (Lipinski definition) is 3. The summed E-state index contributed by atoms with van der Waals surface area (Å²) < 4.78 is 11.5. The van der Waals surface area contributed by atoms with Gasteiger partial charge in [-0.1, -0.05) is 77.2 Å². The van der Waals surface area contributed by atoms with Crippen LogP contribution in [0.25, 0.3) is 0 Å². The molecule has 0 radical (unpaired) electrons. The summed E-state index contributed by atoms with van der Waals surface area (Å²) in [4.78, 5) is 12.6. The summed E-state index contributed by atoms with van der Waals surface area (Å²) in [6.07, 6.45) is 21.1. The van der Waals surface area contributed by atoms with Crippen LogP contribution in [0.4, 0.5) is 0 Å². The molecule has 1 aliphatic rings. The second-order valence-corrected chi connectivity index (χ2v) is 11.3. The number of carbonyl (C=O) groups excluding carboxylic acids is 1. The van der Waals surface area contributed by atoms with Gasteiger partial charge in [-0.2, -0.15) is 0 Å². The summed E-state index contributed by atoms with van der Waals surface area (Å²) in [6.45, 7) is 7.53. The van der Waals surface area contributed by atoms with Crippen LogP contribution < -0.4 is 9.47 Å². The molecule has 0 spiro atoms. The van der Waals surface area contributed by atoms with Crippen LogP contribution in [0.2, 0.25) is 0 Å². The Bertz CT molecular complexity index is 936. The van der Waals surface area contributed by atoms with Crippen LogP contribution in [0.3, 0.4) is 0 Å². The van der Waals surface area contributed by atoms with E-state index >= 15 is 0 Å². The zero-order valence-corrected chi connectivity index (χ0v) is 24.1. The molecule has 0 N–H and O–H groups in total. The zero-order valence-electron chi connectivity index (χ0n) is 24.1. The molecule has 3 heteroatoms. The second-order valence-electron chi connectivity index (χ2n) is 11.3. The van der Waals surface area contributed by atoms with E-state index in [4.69, 9.17) is 9.47 Å². The fourth-order valence-electron chi connectivity index (χ4n) is 5.24. The van der Waals surface area contributed by atoms with E-state index in [1.54, 1.807) is 12.1 Å². The van der Waals surface area contributed by atoms with Crippen molar-refractivity contribution in [1.29, 1.82) is 0 Å². The van der Waals surface area contributed by atoms with E-state index in [-0.39, 0.29) is 5.97 Å². The topological polar surface area (TPSA) is 35.5 Å². The van der Waals surface area contributed by atoms with Crippen LogP contribution in [0.1, 0.15) is 114 Å². The third kappa shape index (κ3) is 11.1. The first-order valence-electron chi connectivity index (χ1n) is 15.3. The Morgan fingerprint density at radius 3 is 2.32 bits per heavy atom. The van der Waals surface area contributed by atoms with Crippen molar-refractivity contribution in [3.63, 3.8) is 0 Å². The van der Waals surface area contributed by atoms with Gasteiger partial charge in [-0.05, 0) is 111 Å². The minimum Gasteiger partial charge on any atom is -0.494 e. The summed E-state index contributed by atoms with van der Waals surface area (Å²) in [5, 5.41) is 0. The maximum Gasteiger partial charge on any atom is 0.343 e. The first-order valence-corrected chi connectivity index (χ1v) is 15.3. The van der Waals surface area contributed by atoms with E-state index in [1.807, 2.05) is 24.3 Å². The number of benzene rings is 2. The molecule has 0 aromatic heterocycles. The Morgan fingerprint density at radius 1 is 0.921 bits per heavy atom. The van der Waals surface area contributed by atoms with Crippen molar-refractivity contribution in [2.24, 2.45) is 17.8 Å². The molecule has 1 saturated carbocycles. The molecule has 208 valence electrons. The minimum absolute atomic E-state index is 0.334. The molecule has 38 heavy (non-hydrogen) atoms. The SMILES string of the molecule is CCC/C=C/C1CCC(CCc2ccc(OC(=O)c3ccc(OCCCCC[C@@H](C)CC)cc3)cc2)CC1. The van der Waals surface area contributed by atoms with Crippen LogP contribution in [0, 0.1) is 17.8 Å². The van der Waals surface area contributed by atoms with Gasteiger partial charge >= 0.3 is 5.97 Å². The van der Waals surface area contributed by atoms with Gasteiger partial charge in [-0.3, -0.25) is 0 Å². The number of ether oxygens (including phenoxy) is 2. The van der Waals surface area contributed by atoms with E-state index < -0.39 is 0 Å². The van der Waals surface area contributed by atoms with Gasteiger partial charge < -0.3 is 9.47 Å². The maximum atomic E-state index is 12.6. The van der Waals surface area contributed by atoms with Crippen LogP contribution in [-0.2, 0) is 6.42 Å². The Balaban J connectivity index is 1.33. The summed E-state index contributed by atoms with van der Waals surface area (Å²) >= 11 is 0. The molecule has 0 bridgehead atoms. The monoisotopic (exact) mass is 518 g/mol. The highest BCUT2D eigenvalue weighted by Gasteiger charge is 2.19. The Kier molecular flexibility index (Phi) is 13.5. The van der Waals surface area contributed by atoms with E-state index in [2.05, 4.69) is 45.1 Å². The van der Waals surface area contributed by atoms with Gasteiger partial charge in [-0.15, -0.1) is 0 Å². The fourth-order valence-corrected chi connectivity index (χ4v) is 5.24. The molecular weight excluding hydrogens is 468 g/mol. The van der Waals surface area contributed by atoms with Crippen molar-refractivity contribution in [3.05, 3.63) is 71.8 Å². The number of carbonyl (C=O) groups is 1. The standard InChI is InChI=1S/C35H50O3/c1-4-6-8-12-29-13-15-30(16-14-29)17-18-31-19-23-34(24-20-31)38-35(36)32-21-25-33(26-22-32)37-27-10-7-9-11-28(3)5-2/h8,12,19-26,28-30H,4-7,9-11,13-18,27H2,1-3H3/b12-8+/t28-,29?,30?/m0/s1. The lowest BCUT2D eigenvalue weighted by Gasteiger charge is -2.26. The second kappa shape index (κ2) is 17.1. The van der Waals surface area contributed by atoms with Gasteiger partial charge in [0.2, 0.25) is 0 Å². The highest BCUT2D eigenvalue weighted by Crippen LogP contribution is 2.32. The van der Waals surface area contributed by atoms with E-state index in [9.17, 15) is 4.79 Å². The van der Waals surface area contributed by atoms with Crippen molar-refractivity contribution >= 4 is 5.97 Å². The summed E-state index contributed by atoms with van der Waals surface area (Å²) in [7, 11) is 0. The summed E-state index contributed by atoms with van der Waals surface area (Å²) in [5.74, 6) is 3.51. The highest BCUT2D eigenvalue weighted by atomic mass is 16.5. The number of hydrogen-bond donors (Lipinski definition) is 0. The molecule has 3 rings (SSSR count). The van der Waals surface area contributed by atoms with Crippen LogP contribution in [-0.4, -0.2) is 12.6 Å². The highest BCUT2D eigenvalue weighted by molar-refractivity contribution is 5.91. The smallest absolute Gasteiger partial charge is 0.343 e. The maximum absolute atomic E-state index is 12.6. The van der Waals surface area contributed by atoms with Crippen molar-refractivity contribution in [2.45, 2.75) is 104 Å². The molecule has 3 nitrogen and oxygen atoms in total. The van der Waals surface area contributed by atoms with E-state index in [0.717, 1.165) is 36.3 Å². The first-order chi connectivity index (χ1) is 18.6. The van der Waals surface area contributed by atoms with Crippen LogP contribution in [0.15, 0.2) is 60.7 Å². The number of unbranched alkanes of at least 4 members (excludes halogenated alkanes) is 3. The van der Waals surface area contributed by atoms with E-state index in [0.29, 0.717) is 17.9 Å². The van der Waals surface area contributed by atoms with Crippen molar-refractivity contribution < 1.29 is 14.3 Å². The van der Waals surface area contributed by atoms with Gasteiger partial charge in [-0.25, -0.2) is 4.79 Å². The number of allylic oxidation sites excluding steroid dienone is 2.